The third-order valence-electron chi connectivity index (χ3n) is 2.64. The van der Waals surface area contributed by atoms with Gasteiger partial charge in [-0.1, -0.05) is 6.07 Å². The molecule has 0 spiro atoms. The van der Waals surface area contributed by atoms with Crippen LogP contribution in [0, 0.1) is 4.91 Å². The molecule has 1 aromatic rings. The maximum Gasteiger partial charge on any atom is 0.416 e. The fourth-order valence-electron chi connectivity index (χ4n) is 1.63. The Labute approximate surface area is 116 Å². The van der Waals surface area contributed by atoms with Gasteiger partial charge >= 0.3 is 18.1 Å². The van der Waals surface area contributed by atoms with E-state index in [2.05, 4.69) is 14.7 Å². The minimum Gasteiger partial charge on any atom is -0.468 e. The highest BCUT2D eigenvalue weighted by Crippen LogP contribution is 2.36. The van der Waals surface area contributed by atoms with Crippen LogP contribution < -0.4 is 0 Å². The fourth-order valence-corrected chi connectivity index (χ4v) is 1.63. The molecule has 0 heterocycles. The second-order valence-corrected chi connectivity index (χ2v) is 3.84. The molecule has 0 aliphatic carbocycles. The first-order valence-electron chi connectivity index (χ1n) is 5.46. The lowest BCUT2D eigenvalue weighted by Crippen LogP contribution is -2.24. The highest BCUT2D eigenvalue weighted by molar-refractivity contribution is 6.01. The number of rotatable bonds is 4. The minimum absolute atomic E-state index is 0.322. The van der Waals surface area contributed by atoms with Crippen molar-refractivity contribution in [2.75, 3.05) is 14.2 Å². The van der Waals surface area contributed by atoms with Crippen LogP contribution in [0.3, 0.4) is 0 Å². The molecular weight excluding hydrogens is 295 g/mol. The zero-order valence-corrected chi connectivity index (χ0v) is 10.9. The molecule has 0 radical (unpaired) electrons. The molecule has 0 amide bonds. The molecule has 9 heteroatoms. The Morgan fingerprint density at radius 2 is 1.67 bits per heavy atom. The highest BCUT2D eigenvalue weighted by Gasteiger charge is 2.36. The van der Waals surface area contributed by atoms with Crippen molar-refractivity contribution in [3.63, 3.8) is 0 Å². The summed E-state index contributed by atoms with van der Waals surface area (Å²) in [5.41, 5.74) is -2.14. The van der Waals surface area contributed by atoms with Gasteiger partial charge in [-0.25, -0.2) is 0 Å². The SMILES string of the molecule is COC(=O)C(C(=O)OC)c1ccc(C(F)(F)F)cc1N=O. The van der Waals surface area contributed by atoms with Gasteiger partial charge in [-0.15, -0.1) is 4.91 Å². The van der Waals surface area contributed by atoms with E-state index in [-0.39, 0.29) is 5.56 Å². The number of alkyl halides is 3. The number of hydrogen-bond acceptors (Lipinski definition) is 6. The molecule has 1 rings (SSSR count). The van der Waals surface area contributed by atoms with Crippen molar-refractivity contribution >= 4 is 17.6 Å². The summed E-state index contributed by atoms with van der Waals surface area (Å²) in [7, 11) is 1.97. The molecule has 0 bridgehead atoms. The van der Waals surface area contributed by atoms with E-state index in [9.17, 15) is 27.7 Å². The monoisotopic (exact) mass is 305 g/mol. The molecule has 0 unspecified atom stereocenters. The van der Waals surface area contributed by atoms with E-state index in [0.717, 1.165) is 20.3 Å². The van der Waals surface area contributed by atoms with Crippen molar-refractivity contribution < 1.29 is 32.2 Å². The second kappa shape index (κ2) is 6.33. The minimum atomic E-state index is -4.69. The maximum atomic E-state index is 12.6. The van der Waals surface area contributed by atoms with Crippen LogP contribution in [0.1, 0.15) is 17.0 Å². The molecule has 0 saturated heterocycles. The van der Waals surface area contributed by atoms with Gasteiger partial charge < -0.3 is 9.47 Å². The van der Waals surface area contributed by atoms with E-state index >= 15 is 0 Å². The second-order valence-electron chi connectivity index (χ2n) is 3.84. The summed E-state index contributed by atoms with van der Waals surface area (Å²) >= 11 is 0. The fraction of sp³-hybridized carbons (Fsp3) is 0.333. The van der Waals surface area contributed by atoms with Crippen LogP contribution in [-0.2, 0) is 25.2 Å². The van der Waals surface area contributed by atoms with Gasteiger partial charge in [0.1, 0.15) is 5.69 Å². The molecule has 6 nitrogen and oxygen atoms in total. The van der Waals surface area contributed by atoms with Gasteiger partial charge in [-0.05, 0) is 17.3 Å². The van der Waals surface area contributed by atoms with E-state index in [4.69, 9.17) is 0 Å². The van der Waals surface area contributed by atoms with Gasteiger partial charge in [-0.3, -0.25) is 9.59 Å². The van der Waals surface area contributed by atoms with Crippen LogP contribution in [0.25, 0.3) is 0 Å². The van der Waals surface area contributed by atoms with Crippen molar-refractivity contribution in [1.29, 1.82) is 0 Å². The van der Waals surface area contributed by atoms with E-state index in [0.29, 0.717) is 12.1 Å². The van der Waals surface area contributed by atoms with E-state index in [1.54, 1.807) is 0 Å². The molecule has 0 N–H and O–H groups in total. The Balaban J connectivity index is 3.42. The third-order valence-corrected chi connectivity index (χ3v) is 2.64. The number of methoxy groups -OCH3 is 2. The largest absolute Gasteiger partial charge is 0.468 e. The van der Waals surface area contributed by atoms with Crippen molar-refractivity contribution in [3.05, 3.63) is 34.2 Å². The first kappa shape index (κ1) is 16.6. The predicted octanol–water partition coefficient (Wildman–Crippen LogP) is 2.53. The van der Waals surface area contributed by atoms with Gasteiger partial charge in [0.2, 0.25) is 0 Å². The molecule has 0 aliphatic rings. The average molecular weight is 305 g/mol. The predicted molar refractivity (Wildman–Crippen MR) is 63.7 cm³/mol. The van der Waals surface area contributed by atoms with Gasteiger partial charge in [-0.2, -0.15) is 13.2 Å². The highest BCUT2D eigenvalue weighted by atomic mass is 19.4. The Kier molecular flexibility index (Phi) is 5.01. The molecule has 0 aliphatic heterocycles. The Bertz CT molecular complexity index is 555. The molecule has 0 atom stereocenters. The third kappa shape index (κ3) is 3.56. The van der Waals surface area contributed by atoms with Gasteiger partial charge in [0, 0.05) is 5.56 Å². The number of nitrogens with zero attached hydrogens (tertiary/aromatic N) is 1. The molecule has 1 aromatic carbocycles. The lowest BCUT2D eigenvalue weighted by atomic mass is 9.96. The first-order chi connectivity index (χ1) is 9.76. The topological polar surface area (TPSA) is 82.0 Å². The Morgan fingerprint density at radius 1 is 1.14 bits per heavy atom. The molecule has 0 saturated carbocycles. The van der Waals surface area contributed by atoms with Crippen LogP contribution in [0.15, 0.2) is 23.4 Å². The molecule has 0 fully saturated rings. The van der Waals surface area contributed by atoms with Gasteiger partial charge in [0.25, 0.3) is 0 Å². The van der Waals surface area contributed by atoms with Crippen molar-refractivity contribution in [2.24, 2.45) is 5.18 Å². The number of benzene rings is 1. The number of carbonyl (C=O) groups excluding carboxylic acids is 2. The summed E-state index contributed by atoms with van der Waals surface area (Å²) in [4.78, 5) is 33.9. The lowest BCUT2D eigenvalue weighted by molar-refractivity contribution is -0.154. The molecule has 114 valence electrons. The van der Waals surface area contributed by atoms with Gasteiger partial charge in [0.05, 0.1) is 19.8 Å². The van der Waals surface area contributed by atoms with Gasteiger partial charge in [0.15, 0.2) is 5.92 Å². The van der Waals surface area contributed by atoms with E-state index in [1.165, 1.54) is 0 Å². The molecule has 0 aromatic heterocycles. The van der Waals surface area contributed by atoms with Crippen LogP contribution in [0.2, 0.25) is 0 Å². The van der Waals surface area contributed by atoms with Crippen molar-refractivity contribution in [3.8, 4) is 0 Å². The standard InChI is InChI=1S/C12H10F3NO5/c1-20-10(17)9(11(18)21-2)7-4-3-6(12(13,14)15)5-8(7)16-19/h3-5,9H,1-2H3. The molecule has 21 heavy (non-hydrogen) atoms. The number of nitroso groups, excluding NO2 is 1. The summed E-state index contributed by atoms with van der Waals surface area (Å²) < 4.78 is 46.4. The lowest BCUT2D eigenvalue weighted by Gasteiger charge is -2.15. The Hall–Kier alpha value is -2.45. The zero-order valence-electron chi connectivity index (χ0n) is 10.9. The van der Waals surface area contributed by atoms with Crippen molar-refractivity contribution in [1.82, 2.24) is 0 Å². The number of esters is 2. The summed E-state index contributed by atoms with van der Waals surface area (Å²) in [6.45, 7) is 0. The number of ether oxygens (including phenoxy) is 2. The van der Waals surface area contributed by atoms with Crippen molar-refractivity contribution in [2.45, 2.75) is 12.1 Å². The number of carbonyl (C=O) groups is 2. The maximum absolute atomic E-state index is 12.6. The summed E-state index contributed by atoms with van der Waals surface area (Å²) in [5, 5.41) is 2.43. The average Bonchev–Trinajstić information content (AvgIpc) is 2.45. The summed E-state index contributed by atoms with van der Waals surface area (Å²) in [5.74, 6) is -3.84. The van der Waals surface area contributed by atoms with Crippen LogP contribution >= 0.6 is 0 Å². The number of hydrogen-bond donors (Lipinski definition) is 0. The van der Waals surface area contributed by atoms with E-state index in [1.807, 2.05) is 0 Å². The first-order valence-corrected chi connectivity index (χ1v) is 5.46. The van der Waals surface area contributed by atoms with Crippen LogP contribution in [0.4, 0.5) is 18.9 Å². The number of halogens is 3. The normalized spacial score (nSPS) is 11.1. The van der Waals surface area contributed by atoms with Crippen LogP contribution in [-0.4, -0.2) is 26.2 Å². The van der Waals surface area contributed by atoms with E-state index < -0.39 is 35.3 Å². The zero-order chi connectivity index (χ0) is 16.2. The molecular formula is C12H10F3NO5. The smallest absolute Gasteiger partial charge is 0.416 e. The van der Waals surface area contributed by atoms with Crippen LogP contribution in [0.5, 0.6) is 0 Å². The summed E-state index contributed by atoms with van der Waals surface area (Å²) in [6.07, 6.45) is -4.69. The quantitative estimate of drug-likeness (QED) is 0.485. The summed E-state index contributed by atoms with van der Waals surface area (Å²) in [6, 6.07) is 1.89. The Morgan fingerprint density at radius 3 is 2.05 bits per heavy atom.